The normalized spacial score (nSPS) is 29.0. The molecule has 3 fully saturated rings. The highest BCUT2D eigenvalue weighted by molar-refractivity contribution is 5.85. The molecule has 0 radical (unpaired) electrons. The largest absolute Gasteiger partial charge is 0.504 e. The van der Waals surface area contributed by atoms with Gasteiger partial charge in [0, 0.05) is 43.7 Å². The van der Waals surface area contributed by atoms with Crippen LogP contribution in [-0.2, 0) is 16.0 Å². The number of phenols is 1. The first kappa shape index (κ1) is 40.8. The molecule has 0 bridgehead atoms. The number of carbonyl (C=O) groups is 2. The monoisotopic (exact) mass is 775 g/mol. The molecule has 7 N–H and O–H groups in total. The molecule has 10 atom stereocenters. The van der Waals surface area contributed by atoms with Gasteiger partial charge < -0.3 is 36.4 Å². The van der Waals surface area contributed by atoms with Crippen LogP contribution in [0.15, 0.2) is 72.1 Å². The Kier molecular flexibility index (Phi) is 13.6. The molecule has 2 aromatic rings. The van der Waals surface area contributed by atoms with Gasteiger partial charge >= 0.3 is 0 Å². The highest BCUT2D eigenvalue weighted by Crippen LogP contribution is 2.46. The van der Waals surface area contributed by atoms with Crippen LogP contribution in [0, 0.1) is 47.3 Å². The molecule has 1 saturated heterocycles. The number of aromatic hydroxyl groups is 1. The molecule has 0 spiro atoms. The van der Waals surface area contributed by atoms with Gasteiger partial charge in [0.1, 0.15) is 11.7 Å². The molecule has 0 amide bonds. The summed E-state index contributed by atoms with van der Waals surface area (Å²) in [6.45, 7) is 1.59. The summed E-state index contributed by atoms with van der Waals surface area (Å²) in [4.78, 5) is 25.9. The van der Waals surface area contributed by atoms with Crippen molar-refractivity contribution < 1.29 is 29.6 Å². The summed E-state index contributed by atoms with van der Waals surface area (Å²) >= 11 is 0. The predicted molar refractivity (Wildman–Crippen MR) is 223 cm³/mol. The van der Waals surface area contributed by atoms with Crippen LogP contribution in [0.5, 0.6) is 11.5 Å². The van der Waals surface area contributed by atoms with Crippen molar-refractivity contribution >= 4 is 17.6 Å². The van der Waals surface area contributed by atoms with Gasteiger partial charge in [0.15, 0.2) is 17.3 Å². The lowest BCUT2D eigenvalue weighted by atomic mass is 9.61. The number of hydrogen-bond donors (Lipinski definition) is 6. The van der Waals surface area contributed by atoms with Crippen molar-refractivity contribution in [2.75, 3.05) is 20.2 Å². The number of hydrogen-bond acceptors (Lipinski definition) is 9. The summed E-state index contributed by atoms with van der Waals surface area (Å²) in [5, 5.41) is 40.9. The molecule has 0 aromatic heterocycles. The summed E-state index contributed by atoms with van der Waals surface area (Å²) in [6.07, 6.45) is 16.0. The molecule has 3 aliphatic carbocycles. The highest BCUT2D eigenvalue weighted by Gasteiger charge is 2.44. The van der Waals surface area contributed by atoms with E-state index in [2.05, 4.69) is 40.7 Å². The van der Waals surface area contributed by atoms with Gasteiger partial charge in [-0.25, -0.2) is 0 Å². The fourth-order valence-electron chi connectivity index (χ4n) is 10.4. The van der Waals surface area contributed by atoms with E-state index in [1.165, 1.54) is 13.5 Å². The Morgan fingerprint density at radius 2 is 1.84 bits per heavy atom. The van der Waals surface area contributed by atoms with E-state index in [1.54, 1.807) is 12.1 Å². The van der Waals surface area contributed by atoms with E-state index in [1.807, 2.05) is 36.4 Å². The fourth-order valence-corrected chi connectivity index (χ4v) is 10.4. The second kappa shape index (κ2) is 18.9. The zero-order valence-electron chi connectivity index (χ0n) is 33.4. The smallest absolute Gasteiger partial charge is 0.160 e. The minimum Gasteiger partial charge on any atom is -0.504 e. The summed E-state index contributed by atoms with van der Waals surface area (Å²) in [5.74, 6) is 9.06. The number of aryl methyl sites for hydroxylation is 1. The van der Waals surface area contributed by atoms with Crippen LogP contribution in [-0.4, -0.2) is 65.3 Å². The molecule has 9 heteroatoms. The second-order valence-corrected chi connectivity index (χ2v) is 17.2. The number of aliphatic hydroxyl groups is 2. The SMILES string of the molecule is COc1cc2c(cc1O)C(CCC(O)CC(C=Cc1ccccc1)C1=CCNC(N)=C1)C#CC(C(O)CCC1CCC3C(CNC4CC(=O)CCC43)C1)C(=O)CC2. The van der Waals surface area contributed by atoms with Gasteiger partial charge in [-0.3, -0.25) is 9.59 Å². The average Bonchev–Trinajstić information content (AvgIpc) is 3.28. The zero-order valence-corrected chi connectivity index (χ0v) is 33.4. The number of Topliss-reactive ketones (excluding diaryl/α,β-unsaturated/α-hetero) is 2. The molecular formula is C48H61N3O6. The van der Waals surface area contributed by atoms with E-state index in [0.29, 0.717) is 92.1 Å². The van der Waals surface area contributed by atoms with Crippen LogP contribution in [0.2, 0.25) is 0 Å². The van der Waals surface area contributed by atoms with Crippen LogP contribution < -0.4 is 21.1 Å². The van der Waals surface area contributed by atoms with Crippen molar-refractivity contribution in [3.05, 3.63) is 88.8 Å². The van der Waals surface area contributed by atoms with Crippen LogP contribution in [0.3, 0.4) is 0 Å². The van der Waals surface area contributed by atoms with Crippen LogP contribution in [0.1, 0.15) is 99.7 Å². The summed E-state index contributed by atoms with van der Waals surface area (Å²) in [7, 11) is 1.51. The van der Waals surface area contributed by atoms with Crippen molar-refractivity contribution in [3.63, 3.8) is 0 Å². The van der Waals surface area contributed by atoms with Gasteiger partial charge in [-0.2, -0.15) is 0 Å². The van der Waals surface area contributed by atoms with Gasteiger partial charge in [-0.05, 0) is 128 Å². The van der Waals surface area contributed by atoms with Crippen molar-refractivity contribution in [2.45, 2.75) is 108 Å². The molecule has 304 valence electrons. The molecule has 2 heterocycles. The number of phenolic OH excluding ortho intramolecular Hbond substituents is 1. The Morgan fingerprint density at radius 1 is 1.00 bits per heavy atom. The van der Waals surface area contributed by atoms with E-state index in [4.69, 9.17) is 10.5 Å². The Balaban J connectivity index is 1.03. The number of benzene rings is 2. The third-order valence-corrected chi connectivity index (χ3v) is 13.6. The average molecular weight is 776 g/mol. The van der Waals surface area contributed by atoms with Crippen LogP contribution >= 0.6 is 0 Å². The number of aliphatic hydroxyl groups excluding tert-OH is 2. The fraction of sp³-hybridized carbons (Fsp3) is 0.542. The van der Waals surface area contributed by atoms with Crippen LogP contribution in [0.25, 0.3) is 6.08 Å². The van der Waals surface area contributed by atoms with E-state index in [-0.39, 0.29) is 29.8 Å². The number of ketones is 2. The molecule has 5 aliphatic rings. The number of methoxy groups -OCH3 is 1. The maximum absolute atomic E-state index is 13.8. The number of rotatable bonds is 13. The number of nitrogens with two attached hydrogens (primary N) is 1. The first-order valence-electron chi connectivity index (χ1n) is 21.3. The number of dihydropyridines is 1. The molecule has 7 rings (SSSR count). The lowest BCUT2D eigenvalue weighted by molar-refractivity contribution is -0.124. The summed E-state index contributed by atoms with van der Waals surface area (Å²) < 4.78 is 5.45. The van der Waals surface area contributed by atoms with Crippen molar-refractivity contribution in [1.29, 1.82) is 0 Å². The molecule has 57 heavy (non-hydrogen) atoms. The van der Waals surface area contributed by atoms with Crippen molar-refractivity contribution in [2.24, 2.45) is 41.2 Å². The highest BCUT2D eigenvalue weighted by atomic mass is 16.5. The van der Waals surface area contributed by atoms with Crippen LogP contribution in [0.4, 0.5) is 0 Å². The third kappa shape index (κ3) is 10.2. The first-order valence-corrected chi connectivity index (χ1v) is 21.3. The van der Waals surface area contributed by atoms with Gasteiger partial charge in [-0.1, -0.05) is 66.8 Å². The van der Waals surface area contributed by atoms with Gasteiger partial charge in [-0.15, -0.1) is 0 Å². The number of nitrogens with one attached hydrogen (secondary N) is 2. The Labute approximate surface area is 338 Å². The molecule has 2 aliphatic heterocycles. The first-order chi connectivity index (χ1) is 27.6. The Morgan fingerprint density at radius 3 is 2.65 bits per heavy atom. The summed E-state index contributed by atoms with van der Waals surface area (Å²) in [5.41, 5.74) is 9.99. The predicted octanol–water partition coefficient (Wildman–Crippen LogP) is 6.32. The van der Waals surface area contributed by atoms with Crippen molar-refractivity contribution in [3.8, 4) is 23.3 Å². The van der Waals surface area contributed by atoms with Gasteiger partial charge in [0.2, 0.25) is 0 Å². The van der Waals surface area contributed by atoms with Gasteiger partial charge in [0.05, 0.1) is 25.1 Å². The summed E-state index contributed by atoms with van der Waals surface area (Å²) in [6, 6.07) is 13.9. The lowest BCUT2D eigenvalue weighted by Gasteiger charge is -2.49. The van der Waals surface area contributed by atoms with Crippen molar-refractivity contribution in [1.82, 2.24) is 10.6 Å². The standard InChI is InChI=1S/C48H61N3O6/c1-57-47-25-35-13-20-45(55)41(44(54)19-9-31-8-16-39-36(23-31)29-51-43-27-38(53)15-18-40(39)43)17-12-32(42(35)28-46(47)56)11-14-37(52)24-33(34-21-22-50-48(49)26-34)10-7-30-5-3-2-4-6-30/h2-7,10,21,25-26,28,31-33,36-37,39-41,43-44,50-52,54,56H,8-9,11,13-16,18-20,22-24,27,29,49H2,1H3. The Bertz CT molecular complexity index is 1890. The van der Waals surface area contributed by atoms with E-state index < -0.39 is 18.1 Å². The maximum atomic E-state index is 13.8. The number of allylic oxidation sites excluding steroid dienone is 3. The molecule has 2 aromatic carbocycles. The number of carbonyl (C=O) groups excluding carboxylic acids is 2. The third-order valence-electron chi connectivity index (χ3n) is 13.6. The van der Waals surface area contributed by atoms with E-state index in [9.17, 15) is 24.9 Å². The van der Waals surface area contributed by atoms with E-state index >= 15 is 0 Å². The number of piperidine rings is 1. The minimum absolute atomic E-state index is 0.00877. The molecule has 9 nitrogen and oxygen atoms in total. The lowest BCUT2D eigenvalue weighted by Crippen LogP contribution is -2.54. The zero-order chi connectivity index (χ0) is 39.9. The second-order valence-electron chi connectivity index (χ2n) is 17.2. The quantitative estimate of drug-likeness (QED) is 0.128. The molecular weight excluding hydrogens is 715 g/mol. The number of fused-ring (bicyclic) bond motifs is 4. The van der Waals surface area contributed by atoms with Gasteiger partial charge in [0.25, 0.3) is 0 Å². The molecule has 2 saturated carbocycles. The topological polar surface area (TPSA) is 154 Å². The minimum atomic E-state index is -0.868. The Hall–Kier alpha value is -4.36. The molecule has 10 unspecified atom stereocenters. The maximum Gasteiger partial charge on any atom is 0.160 e. The number of ether oxygens (including phenoxy) is 1. The van der Waals surface area contributed by atoms with E-state index in [0.717, 1.165) is 60.9 Å².